The molecule has 1 heterocycles. The topological polar surface area (TPSA) is 25.3 Å². The van der Waals surface area contributed by atoms with E-state index < -0.39 is 0 Å². The quantitative estimate of drug-likeness (QED) is 0.245. The molecule has 2 nitrogen and oxygen atoms in total. The zero-order chi connectivity index (χ0) is 22.1. The Balaban J connectivity index is 1.71. The van der Waals surface area contributed by atoms with Crippen LogP contribution in [0, 0.1) is 0 Å². The lowest BCUT2D eigenvalue weighted by Gasteiger charge is -2.11. The van der Waals surface area contributed by atoms with E-state index in [0.717, 1.165) is 40.9 Å². The Hall–Kier alpha value is -2.48. The van der Waals surface area contributed by atoms with Gasteiger partial charge in [0.25, 0.3) is 0 Å². The van der Waals surface area contributed by atoms with Gasteiger partial charge in [-0.3, -0.25) is 0 Å². The van der Waals surface area contributed by atoms with Crippen molar-refractivity contribution in [2.45, 2.75) is 85.0 Å². The fourth-order valence-electron chi connectivity index (χ4n) is 4.45. The predicted octanol–water partition coefficient (Wildman–Crippen LogP) is 8.75. The number of rotatable bonds is 12. The summed E-state index contributed by atoms with van der Waals surface area (Å²) in [5.74, 6) is 0. The van der Waals surface area contributed by atoms with Crippen LogP contribution in [-0.4, -0.2) is 4.70 Å². The first-order valence-electron chi connectivity index (χ1n) is 12.2. The van der Waals surface area contributed by atoms with Crippen LogP contribution in [0.15, 0.2) is 60.2 Å². The predicted molar refractivity (Wildman–Crippen MR) is 133 cm³/mol. The maximum Gasteiger partial charge on any atom is 0.210 e. The minimum absolute atomic E-state index is 0.872. The second-order valence-electron chi connectivity index (χ2n) is 8.90. The molecule has 0 unspecified atom stereocenters. The Kier molecular flexibility index (Phi) is 8.82. The highest BCUT2D eigenvalue weighted by Crippen LogP contribution is 2.35. The van der Waals surface area contributed by atoms with Crippen LogP contribution < -0.4 is 0 Å². The molecule has 0 saturated heterocycles. The van der Waals surface area contributed by atoms with E-state index in [4.69, 9.17) is 0 Å². The summed E-state index contributed by atoms with van der Waals surface area (Å²) in [4.78, 5) is 0. The molecule has 0 aliphatic carbocycles. The summed E-state index contributed by atoms with van der Waals surface area (Å²) in [7, 11) is 0. The molecule has 0 spiro atoms. The summed E-state index contributed by atoms with van der Waals surface area (Å²) in [6, 6.07) is 17.3. The molecule has 0 saturated carbocycles. The summed E-state index contributed by atoms with van der Waals surface area (Å²) in [6.45, 7) is 6.59. The summed E-state index contributed by atoms with van der Waals surface area (Å²) in [6.07, 6.45) is 14.5. The summed E-state index contributed by atoms with van der Waals surface area (Å²) >= 11 is 0. The molecule has 0 fully saturated rings. The first-order valence-corrected chi connectivity index (χ1v) is 12.2. The lowest BCUT2D eigenvalue weighted by Crippen LogP contribution is -2.03. The average molecular weight is 415 g/mol. The molecule has 164 valence electrons. The van der Waals surface area contributed by atoms with Gasteiger partial charge in [0.1, 0.15) is 0 Å². The van der Waals surface area contributed by atoms with Gasteiger partial charge in [0.05, 0.1) is 0 Å². The van der Waals surface area contributed by atoms with Crippen LogP contribution in [0.4, 0.5) is 0 Å². The number of hydrogen-bond acceptors (Lipinski definition) is 0. The lowest BCUT2D eigenvalue weighted by molar-refractivity contribution is -0.344. The zero-order valence-electron chi connectivity index (χ0n) is 19.7. The molecule has 0 N–H and O–H groups in total. The number of nitrogens with zero attached hydrogens (tertiary/aromatic N) is 2. The average Bonchev–Trinajstić information content (AvgIpc) is 3.09. The van der Waals surface area contributed by atoms with Gasteiger partial charge in [0.15, 0.2) is 0 Å². The van der Waals surface area contributed by atoms with E-state index in [0.29, 0.717) is 0 Å². The van der Waals surface area contributed by atoms with Crippen LogP contribution >= 0.6 is 0 Å². The van der Waals surface area contributed by atoms with Gasteiger partial charge in [0, 0.05) is 22.8 Å². The van der Waals surface area contributed by atoms with Crippen molar-refractivity contribution >= 4 is 11.4 Å². The largest absolute Gasteiger partial charge is 0.493 e. The molecule has 2 aromatic carbocycles. The van der Waals surface area contributed by atoms with E-state index in [1.807, 2.05) is 0 Å². The van der Waals surface area contributed by atoms with Crippen LogP contribution in [0.2, 0.25) is 0 Å². The monoisotopic (exact) mass is 414 g/mol. The maximum absolute atomic E-state index is 11.1. The van der Waals surface area contributed by atoms with Crippen LogP contribution in [0.25, 0.3) is 16.9 Å². The van der Waals surface area contributed by atoms with Gasteiger partial charge < -0.3 is 5.53 Å². The molecule has 2 heteroatoms. The zero-order valence-corrected chi connectivity index (χ0v) is 19.7. The van der Waals surface area contributed by atoms with Gasteiger partial charge in [-0.25, -0.2) is 4.70 Å². The number of hydrogen-bond donors (Lipinski definition) is 0. The molecule has 0 atom stereocenters. The Bertz CT molecular complexity index is 949. The van der Waals surface area contributed by atoms with Crippen LogP contribution in [0.3, 0.4) is 0 Å². The second kappa shape index (κ2) is 11.8. The standard InChI is InChI=1S/C29H38N2/c1-4-6-8-10-14-24-16-12-18-26(21-24)28-20-23(3)29(31(28)30)27-19-13-17-25(22-27)15-11-9-7-5-2/h12-13,16-22H,4-11,14-15H2,1-3H3. The van der Waals surface area contributed by atoms with E-state index in [9.17, 15) is 5.53 Å². The van der Waals surface area contributed by atoms with Gasteiger partial charge >= 0.3 is 0 Å². The molecule has 1 aliphatic rings. The Morgan fingerprint density at radius 3 is 1.84 bits per heavy atom. The van der Waals surface area contributed by atoms with E-state index >= 15 is 0 Å². The molecule has 2 aromatic rings. The van der Waals surface area contributed by atoms with Gasteiger partial charge in [-0.2, -0.15) is 0 Å². The van der Waals surface area contributed by atoms with Gasteiger partial charge in [-0.15, -0.1) is 0 Å². The van der Waals surface area contributed by atoms with E-state index in [1.165, 1.54) is 67.2 Å². The molecule has 1 aliphatic heterocycles. The third-order valence-electron chi connectivity index (χ3n) is 6.23. The van der Waals surface area contributed by atoms with E-state index in [1.54, 1.807) is 0 Å². The summed E-state index contributed by atoms with van der Waals surface area (Å²) in [5.41, 5.74) is 18.9. The normalized spacial score (nSPS) is 13.8. The van der Waals surface area contributed by atoms with Crippen molar-refractivity contribution in [1.82, 2.24) is 0 Å². The van der Waals surface area contributed by atoms with Crippen molar-refractivity contribution in [2.24, 2.45) is 0 Å². The highest BCUT2D eigenvalue weighted by Gasteiger charge is 2.27. The van der Waals surface area contributed by atoms with Crippen LogP contribution in [0.1, 0.15) is 94.4 Å². The van der Waals surface area contributed by atoms with Crippen molar-refractivity contribution in [3.05, 3.63) is 88.0 Å². The number of allylic oxidation sites excluding steroid dienone is 2. The van der Waals surface area contributed by atoms with Crippen molar-refractivity contribution in [2.75, 3.05) is 0 Å². The molecular formula is C29H38N2. The molecular weight excluding hydrogens is 376 g/mol. The Labute approximate surface area is 189 Å². The minimum Gasteiger partial charge on any atom is -0.493 e. The third-order valence-corrected chi connectivity index (χ3v) is 6.23. The molecule has 0 bridgehead atoms. The highest BCUT2D eigenvalue weighted by molar-refractivity contribution is 5.78. The Morgan fingerprint density at radius 2 is 1.26 bits per heavy atom. The number of unbranched alkanes of at least 4 members (excludes halogenated alkanes) is 6. The van der Waals surface area contributed by atoms with Gasteiger partial charge in [-0.1, -0.05) is 76.6 Å². The third kappa shape index (κ3) is 6.26. The van der Waals surface area contributed by atoms with Gasteiger partial charge in [-0.05, 0) is 68.0 Å². The molecule has 31 heavy (non-hydrogen) atoms. The molecule has 3 rings (SSSR count). The number of aryl methyl sites for hydroxylation is 2. The maximum atomic E-state index is 11.1. The molecule has 0 radical (unpaired) electrons. The van der Waals surface area contributed by atoms with Crippen molar-refractivity contribution in [1.29, 1.82) is 0 Å². The van der Waals surface area contributed by atoms with Crippen molar-refractivity contribution in [3.8, 4) is 0 Å². The smallest absolute Gasteiger partial charge is 0.210 e. The number of benzene rings is 2. The first-order chi connectivity index (χ1) is 15.1. The summed E-state index contributed by atoms with van der Waals surface area (Å²) < 4.78 is 1.39. The van der Waals surface area contributed by atoms with Gasteiger partial charge in [0.2, 0.25) is 11.4 Å². The van der Waals surface area contributed by atoms with Crippen molar-refractivity contribution < 1.29 is 4.70 Å². The van der Waals surface area contributed by atoms with Crippen LogP contribution in [-0.2, 0) is 12.8 Å². The van der Waals surface area contributed by atoms with Crippen molar-refractivity contribution in [3.63, 3.8) is 0 Å². The minimum atomic E-state index is 0.872. The first kappa shape index (κ1) is 23.2. The SMILES string of the molecule is CCCCCCc1cccc(C2=CC(C)=C(c3cccc(CCCCCC)c3)[N+]2=[N-])c1. The summed E-state index contributed by atoms with van der Waals surface area (Å²) in [5, 5.41) is 0. The fourth-order valence-corrected chi connectivity index (χ4v) is 4.45. The Morgan fingerprint density at radius 1 is 0.710 bits per heavy atom. The second-order valence-corrected chi connectivity index (χ2v) is 8.90. The molecule has 0 aromatic heterocycles. The van der Waals surface area contributed by atoms with E-state index in [2.05, 4.69) is 75.4 Å². The fraction of sp³-hybridized carbons (Fsp3) is 0.448. The highest BCUT2D eigenvalue weighted by atomic mass is 15.2. The lowest BCUT2D eigenvalue weighted by atomic mass is 10.0. The molecule has 0 amide bonds. The van der Waals surface area contributed by atoms with Crippen LogP contribution in [0.5, 0.6) is 0 Å². The van der Waals surface area contributed by atoms with E-state index in [-0.39, 0.29) is 0 Å².